The van der Waals surface area contributed by atoms with Gasteiger partial charge in [0.05, 0.1) is 7.11 Å². The van der Waals surface area contributed by atoms with E-state index in [2.05, 4.69) is 5.32 Å². The van der Waals surface area contributed by atoms with Gasteiger partial charge in [0.15, 0.2) is 0 Å². The Morgan fingerprint density at radius 3 is 2.90 bits per heavy atom. The molecule has 1 aromatic rings. The van der Waals surface area contributed by atoms with Crippen LogP contribution in [0.5, 0.6) is 5.75 Å². The molecular weight excluding hydrogens is 256 g/mol. The van der Waals surface area contributed by atoms with Gasteiger partial charge in [0.1, 0.15) is 17.4 Å². The molecule has 1 aromatic carbocycles. The minimum absolute atomic E-state index is 0.162. The number of benzene rings is 1. The zero-order valence-electron chi connectivity index (χ0n) is 12.0. The van der Waals surface area contributed by atoms with E-state index in [1.807, 2.05) is 6.92 Å². The third-order valence-electron chi connectivity index (χ3n) is 3.65. The van der Waals surface area contributed by atoms with E-state index < -0.39 is 0 Å². The molecule has 2 atom stereocenters. The first-order valence-electron chi connectivity index (χ1n) is 6.99. The van der Waals surface area contributed by atoms with Gasteiger partial charge < -0.3 is 20.5 Å². The maximum Gasteiger partial charge on any atom is 0.342 e. The first-order valence-corrected chi connectivity index (χ1v) is 6.99. The second-order valence-electron chi connectivity index (χ2n) is 5.13. The summed E-state index contributed by atoms with van der Waals surface area (Å²) in [5, 5.41) is 3.38. The highest BCUT2D eigenvalue weighted by atomic mass is 16.5. The van der Waals surface area contributed by atoms with Crippen molar-refractivity contribution in [3.8, 4) is 5.75 Å². The van der Waals surface area contributed by atoms with Gasteiger partial charge in [-0.25, -0.2) is 4.79 Å². The van der Waals surface area contributed by atoms with E-state index in [4.69, 9.17) is 15.2 Å². The van der Waals surface area contributed by atoms with Crippen molar-refractivity contribution in [2.75, 3.05) is 19.4 Å². The number of hydrogen-bond donors (Lipinski definition) is 2. The molecule has 5 nitrogen and oxygen atoms in total. The number of piperidine rings is 1. The molecule has 0 spiro atoms. The van der Waals surface area contributed by atoms with Crippen molar-refractivity contribution in [3.63, 3.8) is 0 Å². The number of rotatable bonds is 4. The molecule has 0 aromatic heterocycles. The summed E-state index contributed by atoms with van der Waals surface area (Å²) in [4.78, 5) is 12.2. The molecule has 110 valence electrons. The van der Waals surface area contributed by atoms with Crippen molar-refractivity contribution < 1.29 is 14.3 Å². The zero-order valence-corrected chi connectivity index (χ0v) is 12.0. The third kappa shape index (κ3) is 3.42. The Morgan fingerprint density at radius 1 is 1.45 bits per heavy atom. The number of carbonyl (C=O) groups excluding carboxylic acids is 1. The average Bonchev–Trinajstić information content (AvgIpc) is 2.47. The van der Waals surface area contributed by atoms with Crippen LogP contribution in [-0.4, -0.2) is 31.8 Å². The van der Waals surface area contributed by atoms with Crippen molar-refractivity contribution in [2.45, 2.75) is 38.3 Å². The maximum atomic E-state index is 12.2. The van der Waals surface area contributed by atoms with Gasteiger partial charge in [-0.2, -0.15) is 0 Å². The third-order valence-corrected chi connectivity index (χ3v) is 3.65. The summed E-state index contributed by atoms with van der Waals surface area (Å²) in [6, 6.07) is 5.16. The molecule has 1 aliphatic rings. The molecule has 1 aliphatic heterocycles. The van der Waals surface area contributed by atoms with Crippen LogP contribution >= 0.6 is 0 Å². The Morgan fingerprint density at radius 2 is 2.25 bits per heavy atom. The van der Waals surface area contributed by atoms with E-state index in [0.29, 0.717) is 17.0 Å². The largest absolute Gasteiger partial charge is 0.496 e. The molecule has 1 fully saturated rings. The van der Waals surface area contributed by atoms with E-state index in [1.54, 1.807) is 18.2 Å². The van der Waals surface area contributed by atoms with Crippen molar-refractivity contribution >= 4 is 11.7 Å². The number of ether oxygens (including phenoxy) is 2. The smallest absolute Gasteiger partial charge is 0.342 e. The molecule has 0 bridgehead atoms. The summed E-state index contributed by atoms with van der Waals surface area (Å²) < 4.78 is 10.7. The van der Waals surface area contributed by atoms with Gasteiger partial charge in [0, 0.05) is 17.8 Å². The molecule has 20 heavy (non-hydrogen) atoms. The summed E-state index contributed by atoms with van der Waals surface area (Å²) in [7, 11) is 1.51. The number of nitrogens with two attached hydrogens (primary N) is 1. The number of carbonyl (C=O) groups is 1. The van der Waals surface area contributed by atoms with Gasteiger partial charge in [-0.05, 0) is 38.4 Å². The van der Waals surface area contributed by atoms with Gasteiger partial charge >= 0.3 is 5.97 Å². The fourth-order valence-corrected chi connectivity index (χ4v) is 2.47. The minimum atomic E-state index is -0.373. The molecule has 5 heteroatoms. The van der Waals surface area contributed by atoms with Gasteiger partial charge in [0.25, 0.3) is 0 Å². The van der Waals surface area contributed by atoms with Crippen LogP contribution in [0.25, 0.3) is 0 Å². The van der Waals surface area contributed by atoms with Crippen molar-refractivity contribution in [3.05, 3.63) is 23.8 Å². The molecule has 0 saturated carbocycles. The molecule has 1 saturated heterocycles. The highest BCUT2D eigenvalue weighted by molar-refractivity contribution is 5.93. The predicted molar refractivity (Wildman–Crippen MR) is 77.9 cm³/mol. The number of nitrogen functional groups attached to an aromatic ring is 1. The topological polar surface area (TPSA) is 73.6 Å². The number of esters is 1. The maximum absolute atomic E-state index is 12.2. The molecule has 0 aliphatic carbocycles. The summed E-state index contributed by atoms with van der Waals surface area (Å²) in [5.74, 6) is 0.0699. The summed E-state index contributed by atoms with van der Waals surface area (Å²) in [6.07, 6.45) is 3.23. The standard InChI is InChI=1S/C15H22N2O3/c1-10(13-5-3-4-8-17-13)20-15(18)12-7-6-11(16)9-14(12)19-2/h6-7,9-10,13,17H,3-5,8,16H2,1-2H3. The van der Waals surface area contributed by atoms with Crippen LogP contribution in [0.15, 0.2) is 18.2 Å². The highest BCUT2D eigenvalue weighted by Gasteiger charge is 2.24. The molecule has 0 amide bonds. The van der Waals surface area contributed by atoms with Crippen LogP contribution in [0.3, 0.4) is 0 Å². The Kier molecular flexibility index (Phi) is 4.84. The zero-order chi connectivity index (χ0) is 14.5. The van der Waals surface area contributed by atoms with E-state index in [1.165, 1.54) is 20.0 Å². The van der Waals surface area contributed by atoms with Gasteiger partial charge in [-0.15, -0.1) is 0 Å². The Balaban J connectivity index is 2.03. The molecule has 3 N–H and O–H groups in total. The normalized spacial score (nSPS) is 20.2. The lowest BCUT2D eigenvalue weighted by molar-refractivity contribution is 0.0223. The second-order valence-corrected chi connectivity index (χ2v) is 5.13. The van der Waals surface area contributed by atoms with E-state index in [-0.39, 0.29) is 18.1 Å². The molecular formula is C15H22N2O3. The number of methoxy groups -OCH3 is 1. The molecule has 2 rings (SSSR count). The molecule has 2 unspecified atom stereocenters. The van der Waals surface area contributed by atoms with Gasteiger partial charge in [0.2, 0.25) is 0 Å². The van der Waals surface area contributed by atoms with Crippen molar-refractivity contribution in [1.29, 1.82) is 0 Å². The van der Waals surface area contributed by atoms with Crippen LogP contribution in [0, 0.1) is 0 Å². The van der Waals surface area contributed by atoms with Crippen LogP contribution in [0.1, 0.15) is 36.5 Å². The summed E-state index contributed by atoms with van der Waals surface area (Å²) >= 11 is 0. The Hall–Kier alpha value is -1.75. The lowest BCUT2D eigenvalue weighted by Gasteiger charge is -2.28. The van der Waals surface area contributed by atoms with Crippen molar-refractivity contribution in [1.82, 2.24) is 5.32 Å². The first-order chi connectivity index (χ1) is 9.61. The summed E-state index contributed by atoms with van der Waals surface area (Å²) in [5.41, 5.74) is 6.64. The lowest BCUT2D eigenvalue weighted by atomic mass is 10.0. The molecule has 0 radical (unpaired) electrons. The SMILES string of the molecule is COc1cc(N)ccc1C(=O)OC(C)C1CCCCN1. The number of anilines is 1. The van der Waals surface area contributed by atoms with Gasteiger partial charge in [-0.3, -0.25) is 0 Å². The average molecular weight is 278 g/mol. The monoisotopic (exact) mass is 278 g/mol. The van der Waals surface area contributed by atoms with Crippen LogP contribution in [0.2, 0.25) is 0 Å². The highest BCUT2D eigenvalue weighted by Crippen LogP contribution is 2.23. The lowest BCUT2D eigenvalue weighted by Crippen LogP contribution is -2.43. The first kappa shape index (κ1) is 14.7. The Labute approximate surface area is 119 Å². The quantitative estimate of drug-likeness (QED) is 0.650. The van der Waals surface area contributed by atoms with E-state index in [0.717, 1.165) is 13.0 Å². The van der Waals surface area contributed by atoms with Crippen LogP contribution in [0.4, 0.5) is 5.69 Å². The van der Waals surface area contributed by atoms with Crippen LogP contribution < -0.4 is 15.8 Å². The predicted octanol–water partition coefficient (Wildman–Crippen LogP) is 1.96. The molecule has 1 heterocycles. The Bertz CT molecular complexity index is 470. The number of hydrogen-bond acceptors (Lipinski definition) is 5. The van der Waals surface area contributed by atoms with Gasteiger partial charge in [-0.1, -0.05) is 6.42 Å². The fraction of sp³-hybridized carbons (Fsp3) is 0.533. The second kappa shape index (κ2) is 6.61. The van der Waals surface area contributed by atoms with Crippen molar-refractivity contribution in [2.24, 2.45) is 0 Å². The van der Waals surface area contributed by atoms with Crippen LogP contribution in [-0.2, 0) is 4.74 Å². The fourth-order valence-electron chi connectivity index (χ4n) is 2.47. The number of nitrogens with one attached hydrogen (secondary N) is 1. The minimum Gasteiger partial charge on any atom is -0.496 e. The van der Waals surface area contributed by atoms with E-state index >= 15 is 0 Å². The summed E-state index contributed by atoms with van der Waals surface area (Å²) in [6.45, 7) is 2.91. The van der Waals surface area contributed by atoms with E-state index in [9.17, 15) is 4.79 Å².